The fourth-order valence-corrected chi connectivity index (χ4v) is 1.92. The van der Waals surface area contributed by atoms with Crippen LogP contribution in [0.3, 0.4) is 0 Å². The predicted octanol–water partition coefficient (Wildman–Crippen LogP) is 1.30. The van der Waals surface area contributed by atoms with Crippen LogP contribution < -0.4 is 0 Å². The highest BCUT2D eigenvalue weighted by Gasteiger charge is 2.38. The third-order valence-corrected chi connectivity index (χ3v) is 3.26. The zero-order valence-electron chi connectivity index (χ0n) is 11.3. The highest BCUT2D eigenvalue weighted by molar-refractivity contribution is 6.57. The summed E-state index contributed by atoms with van der Waals surface area (Å²) in [7, 11) is 0.442. The highest BCUT2D eigenvalue weighted by atomic mass is 28.1. The van der Waals surface area contributed by atoms with Crippen LogP contribution in [0.5, 0.6) is 0 Å². The summed E-state index contributed by atoms with van der Waals surface area (Å²) in [6.07, 6.45) is 3.52. The number of rotatable bonds is 0. The molecular formula is C12H21NO3Si. The lowest BCUT2D eigenvalue weighted by atomic mass is 10.2. The summed E-state index contributed by atoms with van der Waals surface area (Å²) in [4.78, 5) is 13.7. The molecule has 0 aromatic heterocycles. The Bertz CT molecular complexity index is 364. The molecule has 0 unspecified atom stereocenters. The molecule has 0 N–H and O–H groups in total. The maximum atomic E-state index is 12.1. The van der Waals surface area contributed by atoms with Gasteiger partial charge in [0.25, 0.3) is 0 Å². The molecule has 1 heterocycles. The summed E-state index contributed by atoms with van der Waals surface area (Å²) >= 11 is 0. The van der Waals surface area contributed by atoms with Gasteiger partial charge >= 0.3 is 6.09 Å². The number of carbonyl (C=O) groups excluding carboxylic acids is 1. The van der Waals surface area contributed by atoms with Crippen molar-refractivity contribution < 1.29 is 14.3 Å². The topological polar surface area (TPSA) is 38.8 Å². The van der Waals surface area contributed by atoms with Gasteiger partial charge in [0.2, 0.25) is 0 Å². The second-order valence-corrected chi connectivity index (χ2v) is 6.64. The van der Waals surface area contributed by atoms with E-state index in [0.717, 1.165) is 5.17 Å². The Morgan fingerprint density at radius 3 is 2.59 bits per heavy atom. The summed E-state index contributed by atoms with van der Waals surface area (Å²) in [6.45, 7) is 10.5. The third-order valence-electron chi connectivity index (χ3n) is 2.46. The lowest BCUT2D eigenvalue weighted by Crippen LogP contribution is -2.57. The molecule has 0 spiro atoms. The normalized spacial score (nSPS) is 19.8. The van der Waals surface area contributed by atoms with E-state index in [2.05, 4.69) is 6.17 Å². The van der Waals surface area contributed by atoms with E-state index in [1.54, 1.807) is 4.90 Å². The van der Waals surface area contributed by atoms with E-state index in [1.807, 2.05) is 34.6 Å². The molecule has 1 aliphatic heterocycles. The molecule has 0 aliphatic carbocycles. The molecule has 1 saturated heterocycles. The lowest BCUT2D eigenvalue weighted by molar-refractivity contribution is -0.122. The van der Waals surface area contributed by atoms with Crippen molar-refractivity contribution in [1.29, 1.82) is 0 Å². The second-order valence-electron chi connectivity index (χ2n) is 5.58. The molecule has 0 saturated carbocycles. The molecular weight excluding hydrogens is 234 g/mol. The minimum Gasteiger partial charge on any atom is -0.444 e. The van der Waals surface area contributed by atoms with Crippen molar-refractivity contribution in [1.82, 2.24) is 4.90 Å². The van der Waals surface area contributed by atoms with Crippen molar-refractivity contribution in [3.63, 3.8) is 0 Å². The van der Waals surface area contributed by atoms with Gasteiger partial charge in [0.15, 0.2) is 0 Å². The molecule has 0 radical (unpaired) electrons. The molecule has 0 atom stereocenters. The van der Waals surface area contributed by atoms with Crippen molar-refractivity contribution in [3.8, 4) is 0 Å². The van der Waals surface area contributed by atoms with Gasteiger partial charge in [0.05, 0.1) is 13.2 Å². The average molecular weight is 255 g/mol. The number of hydrogen-bond acceptors (Lipinski definition) is 3. The first kappa shape index (κ1) is 14.2. The van der Waals surface area contributed by atoms with Crippen molar-refractivity contribution in [3.05, 3.63) is 0 Å². The van der Waals surface area contributed by atoms with Crippen molar-refractivity contribution >= 4 is 26.2 Å². The van der Waals surface area contributed by atoms with E-state index in [-0.39, 0.29) is 6.09 Å². The quantitative estimate of drug-likeness (QED) is 0.612. The number of hydrogen-bond donors (Lipinski definition) is 0. The maximum absolute atomic E-state index is 12.1. The SMILES string of the molecule is C=[Si]=C1COC(C)(C)N(C(=O)OC(C)(C)C)C1. The zero-order chi connectivity index (χ0) is 13.3. The largest absolute Gasteiger partial charge is 0.444 e. The molecule has 17 heavy (non-hydrogen) atoms. The van der Waals surface area contributed by atoms with E-state index in [4.69, 9.17) is 9.47 Å². The molecule has 1 fully saturated rings. The van der Waals surface area contributed by atoms with Crippen LogP contribution in [0, 0.1) is 0 Å². The maximum Gasteiger partial charge on any atom is 0.412 e. The van der Waals surface area contributed by atoms with E-state index < -0.39 is 11.3 Å². The molecule has 4 nitrogen and oxygen atoms in total. The first-order chi connectivity index (χ1) is 7.65. The average Bonchev–Trinajstić information content (AvgIpc) is 2.14. The van der Waals surface area contributed by atoms with Crippen molar-refractivity contribution in [2.24, 2.45) is 0 Å². The van der Waals surface area contributed by atoms with Gasteiger partial charge in [-0.15, -0.1) is 0 Å². The number of nitrogens with zero attached hydrogens (tertiary/aromatic N) is 1. The Labute approximate surface area is 105 Å². The summed E-state index contributed by atoms with van der Waals surface area (Å²) < 4.78 is 11.1. The van der Waals surface area contributed by atoms with Gasteiger partial charge in [-0.05, 0) is 48.5 Å². The first-order valence-corrected chi connectivity index (χ1v) is 6.89. The zero-order valence-corrected chi connectivity index (χ0v) is 12.3. The Kier molecular flexibility index (Phi) is 4.04. The fourth-order valence-electron chi connectivity index (χ4n) is 1.48. The molecule has 0 bridgehead atoms. The molecule has 1 amide bonds. The summed E-state index contributed by atoms with van der Waals surface area (Å²) in [6, 6.07) is 0. The Balaban J connectivity index is 2.85. The Morgan fingerprint density at radius 1 is 1.53 bits per heavy atom. The van der Waals surface area contributed by atoms with Crippen LogP contribution in [-0.4, -0.2) is 55.6 Å². The molecule has 5 heteroatoms. The number of amides is 1. The van der Waals surface area contributed by atoms with Gasteiger partial charge in [0.1, 0.15) is 11.3 Å². The van der Waals surface area contributed by atoms with Crippen molar-refractivity contribution in [2.75, 3.05) is 13.2 Å². The van der Waals surface area contributed by atoms with Crippen LogP contribution in [0.4, 0.5) is 4.79 Å². The predicted molar refractivity (Wildman–Crippen MR) is 70.9 cm³/mol. The van der Waals surface area contributed by atoms with Crippen LogP contribution in [0.15, 0.2) is 0 Å². The van der Waals surface area contributed by atoms with Gasteiger partial charge in [-0.3, -0.25) is 4.90 Å². The summed E-state index contributed by atoms with van der Waals surface area (Å²) in [5, 5.41) is 1.13. The Morgan fingerprint density at radius 2 is 2.12 bits per heavy atom. The van der Waals surface area contributed by atoms with Crippen LogP contribution >= 0.6 is 0 Å². The van der Waals surface area contributed by atoms with E-state index in [1.165, 1.54) is 0 Å². The van der Waals surface area contributed by atoms with E-state index >= 15 is 0 Å². The minimum atomic E-state index is -0.620. The van der Waals surface area contributed by atoms with Gasteiger partial charge in [-0.1, -0.05) is 6.17 Å². The van der Waals surface area contributed by atoms with Crippen LogP contribution in [0.2, 0.25) is 0 Å². The van der Waals surface area contributed by atoms with Crippen LogP contribution in [0.1, 0.15) is 34.6 Å². The minimum absolute atomic E-state index is 0.335. The molecule has 1 rings (SSSR count). The van der Waals surface area contributed by atoms with Gasteiger partial charge in [-0.25, -0.2) is 4.79 Å². The smallest absolute Gasteiger partial charge is 0.412 e. The fraction of sp³-hybridized carbons (Fsp3) is 0.750. The molecule has 0 aromatic rings. The second kappa shape index (κ2) is 4.82. The van der Waals surface area contributed by atoms with Gasteiger partial charge in [-0.2, -0.15) is 0 Å². The van der Waals surface area contributed by atoms with E-state index in [9.17, 15) is 4.79 Å². The monoisotopic (exact) mass is 255 g/mol. The van der Waals surface area contributed by atoms with Crippen LogP contribution in [-0.2, 0) is 9.47 Å². The molecule has 96 valence electrons. The Hall–Kier alpha value is -0.813. The van der Waals surface area contributed by atoms with Crippen LogP contribution in [0.25, 0.3) is 0 Å². The number of carbonyl (C=O) groups is 1. The first-order valence-electron chi connectivity index (χ1n) is 5.68. The molecule has 1 aliphatic rings. The van der Waals surface area contributed by atoms with E-state index in [0.29, 0.717) is 21.9 Å². The summed E-state index contributed by atoms with van der Waals surface area (Å²) in [5.41, 5.74) is -1.11. The van der Waals surface area contributed by atoms with Gasteiger partial charge in [0, 0.05) is 0 Å². The lowest BCUT2D eigenvalue weighted by Gasteiger charge is -2.42. The van der Waals surface area contributed by atoms with Gasteiger partial charge < -0.3 is 9.47 Å². The summed E-state index contributed by atoms with van der Waals surface area (Å²) in [5.74, 6) is 0. The number of ether oxygens (including phenoxy) is 2. The molecule has 0 aromatic carbocycles. The standard InChI is InChI=1S/C12H21NO3Si/c1-11(2,3)16-10(14)13-7-9(17-6)8-15-12(13,4)5/h6-8H2,1-5H3. The third kappa shape index (κ3) is 3.85. The highest BCUT2D eigenvalue weighted by Crippen LogP contribution is 2.23. The van der Waals surface area contributed by atoms with Crippen molar-refractivity contribution in [2.45, 2.75) is 45.9 Å².